The van der Waals surface area contributed by atoms with Crippen molar-refractivity contribution in [1.82, 2.24) is 0 Å². The zero-order chi connectivity index (χ0) is 15.3. The summed E-state index contributed by atoms with van der Waals surface area (Å²) in [6.45, 7) is 0.858. The molecule has 0 amide bonds. The number of hydrogen-bond acceptors (Lipinski definition) is 3. The zero-order valence-corrected chi connectivity index (χ0v) is 13.4. The third-order valence-corrected chi connectivity index (χ3v) is 4.96. The first kappa shape index (κ1) is 13.7. The van der Waals surface area contributed by atoms with Gasteiger partial charge in [-0.05, 0) is 30.9 Å². The van der Waals surface area contributed by atoms with Crippen LogP contribution in [0.4, 0.5) is 5.69 Å². The molecule has 0 heterocycles. The fourth-order valence-corrected chi connectivity index (χ4v) is 3.42. The zero-order valence-electron chi connectivity index (χ0n) is 11.9. The highest BCUT2D eigenvalue weighted by molar-refractivity contribution is 9.10. The van der Waals surface area contributed by atoms with Crippen LogP contribution in [0.3, 0.4) is 0 Å². The van der Waals surface area contributed by atoms with E-state index in [1.807, 2.05) is 12.1 Å². The lowest BCUT2D eigenvalue weighted by Gasteiger charge is -2.22. The van der Waals surface area contributed by atoms with Gasteiger partial charge in [-0.3, -0.25) is 9.59 Å². The van der Waals surface area contributed by atoms with Crippen molar-refractivity contribution >= 4 is 33.2 Å². The van der Waals surface area contributed by atoms with E-state index in [1.165, 1.54) is 12.8 Å². The van der Waals surface area contributed by atoms with E-state index in [2.05, 4.69) is 21.2 Å². The van der Waals surface area contributed by atoms with E-state index in [0.717, 1.165) is 12.2 Å². The Balaban J connectivity index is 1.86. The van der Waals surface area contributed by atoms with Crippen LogP contribution in [-0.4, -0.2) is 18.1 Å². The molecule has 2 aliphatic rings. The Morgan fingerprint density at radius 1 is 0.955 bits per heavy atom. The quantitative estimate of drug-likeness (QED) is 0.770. The molecule has 0 aliphatic heterocycles. The lowest BCUT2D eigenvalue weighted by Crippen LogP contribution is -2.23. The predicted molar refractivity (Wildman–Crippen MR) is 88.7 cm³/mol. The van der Waals surface area contributed by atoms with E-state index in [1.54, 1.807) is 24.3 Å². The lowest BCUT2D eigenvalue weighted by molar-refractivity contribution is 0.0979. The molecular formula is C18H14BrNO2. The second-order valence-electron chi connectivity index (χ2n) is 5.87. The third-order valence-electron chi connectivity index (χ3n) is 4.30. The minimum atomic E-state index is -0.0906. The maximum Gasteiger partial charge on any atom is 0.196 e. The molecule has 0 unspecified atom stereocenters. The first-order chi connectivity index (χ1) is 10.7. The van der Waals surface area contributed by atoms with Crippen LogP contribution >= 0.6 is 15.9 Å². The number of halogens is 1. The summed E-state index contributed by atoms with van der Waals surface area (Å²) < 4.78 is 0.673. The fraction of sp³-hybridized carbons (Fsp3) is 0.222. The Labute approximate surface area is 136 Å². The van der Waals surface area contributed by atoms with Gasteiger partial charge in [0, 0.05) is 33.4 Å². The molecule has 2 aliphatic carbocycles. The molecule has 0 atom stereocenters. The summed E-state index contributed by atoms with van der Waals surface area (Å²) >= 11 is 3.43. The van der Waals surface area contributed by atoms with Crippen molar-refractivity contribution < 1.29 is 9.59 Å². The number of fused-ring (bicyclic) bond motifs is 2. The van der Waals surface area contributed by atoms with E-state index in [-0.39, 0.29) is 11.6 Å². The number of anilines is 1. The van der Waals surface area contributed by atoms with E-state index < -0.39 is 0 Å². The van der Waals surface area contributed by atoms with Gasteiger partial charge in [-0.15, -0.1) is 0 Å². The molecule has 4 heteroatoms. The molecule has 3 nitrogen and oxygen atoms in total. The average molecular weight is 356 g/mol. The van der Waals surface area contributed by atoms with Crippen molar-refractivity contribution in [2.45, 2.75) is 12.8 Å². The Bertz CT molecular complexity index is 809. The first-order valence-electron chi connectivity index (χ1n) is 7.41. The molecule has 2 aromatic rings. The van der Waals surface area contributed by atoms with Gasteiger partial charge in [0.05, 0.1) is 5.56 Å². The summed E-state index contributed by atoms with van der Waals surface area (Å²) in [5.41, 5.74) is 2.72. The molecule has 4 rings (SSSR count). The Morgan fingerprint density at radius 3 is 2.23 bits per heavy atom. The van der Waals surface area contributed by atoms with Crippen LogP contribution in [0.25, 0.3) is 0 Å². The van der Waals surface area contributed by atoms with Gasteiger partial charge in [0.25, 0.3) is 0 Å². The highest BCUT2D eigenvalue weighted by atomic mass is 79.9. The minimum absolute atomic E-state index is 0.0789. The van der Waals surface area contributed by atoms with Gasteiger partial charge in [0.2, 0.25) is 0 Å². The van der Waals surface area contributed by atoms with Crippen LogP contribution in [0, 0.1) is 5.92 Å². The van der Waals surface area contributed by atoms with Gasteiger partial charge in [-0.1, -0.05) is 40.2 Å². The molecule has 1 N–H and O–H groups in total. The van der Waals surface area contributed by atoms with Gasteiger partial charge in [0.1, 0.15) is 0 Å². The van der Waals surface area contributed by atoms with E-state index in [9.17, 15) is 9.59 Å². The molecule has 0 radical (unpaired) electrons. The van der Waals surface area contributed by atoms with Crippen molar-refractivity contribution in [1.29, 1.82) is 0 Å². The smallest absolute Gasteiger partial charge is 0.196 e. The summed E-state index contributed by atoms with van der Waals surface area (Å²) in [5, 5.41) is 3.35. The van der Waals surface area contributed by atoms with Gasteiger partial charge < -0.3 is 5.32 Å². The molecule has 0 aromatic heterocycles. The Hall–Kier alpha value is -1.94. The minimum Gasteiger partial charge on any atom is -0.384 e. The molecule has 0 saturated heterocycles. The fourth-order valence-electron chi connectivity index (χ4n) is 2.91. The second kappa shape index (κ2) is 5.06. The van der Waals surface area contributed by atoms with Crippen molar-refractivity contribution in [3.63, 3.8) is 0 Å². The predicted octanol–water partition coefficient (Wildman–Crippen LogP) is 4.05. The maximum absolute atomic E-state index is 12.9. The van der Waals surface area contributed by atoms with E-state index in [4.69, 9.17) is 0 Å². The van der Waals surface area contributed by atoms with Crippen LogP contribution in [0.1, 0.15) is 44.7 Å². The van der Waals surface area contributed by atoms with Gasteiger partial charge in [-0.25, -0.2) is 0 Å². The summed E-state index contributed by atoms with van der Waals surface area (Å²) in [6, 6.07) is 10.7. The average Bonchev–Trinajstić information content (AvgIpc) is 3.35. The highest BCUT2D eigenvalue weighted by Crippen LogP contribution is 2.37. The maximum atomic E-state index is 12.9. The van der Waals surface area contributed by atoms with Crippen molar-refractivity contribution in [3.05, 3.63) is 63.1 Å². The van der Waals surface area contributed by atoms with Crippen molar-refractivity contribution in [2.24, 2.45) is 5.92 Å². The Kier molecular flexibility index (Phi) is 3.15. The van der Waals surface area contributed by atoms with Crippen LogP contribution in [0.5, 0.6) is 0 Å². The molecule has 22 heavy (non-hydrogen) atoms. The first-order valence-corrected chi connectivity index (χ1v) is 8.21. The van der Waals surface area contributed by atoms with Crippen LogP contribution in [-0.2, 0) is 0 Å². The van der Waals surface area contributed by atoms with Crippen LogP contribution < -0.4 is 5.32 Å². The van der Waals surface area contributed by atoms with Crippen LogP contribution in [0.15, 0.2) is 40.9 Å². The molecular weight excluding hydrogens is 342 g/mol. The number of ketones is 2. The normalized spacial score (nSPS) is 16.2. The monoisotopic (exact) mass is 355 g/mol. The number of rotatable bonds is 3. The molecule has 1 fully saturated rings. The number of carbonyl (C=O) groups excluding carboxylic acids is 2. The topological polar surface area (TPSA) is 46.2 Å². The molecule has 1 saturated carbocycles. The largest absolute Gasteiger partial charge is 0.384 e. The summed E-state index contributed by atoms with van der Waals surface area (Å²) in [6.07, 6.45) is 2.48. The van der Waals surface area contributed by atoms with E-state index in [0.29, 0.717) is 32.6 Å². The van der Waals surface area contributed by atoms with Crippen LogP contribution in [0.2, 0.25) is 0 Å². The SMILES string of the molecule is O=C1c2ccccc2C(=O)c2c(NCC3CC3)ccc(Br)c21. The third kappa shape index (κ3) is 2.10. The van der Waals surface area contributed by atoms with Gasteiger partial charge >= 0.3 is 0 Å². The van der Waals surface area contributed by atoms with Gasteiger partial charge in [-0.2, -0.15) is 0 Å². The summed E-state index contributed by atoms with van der Waals surface area (Å²) in [5.74, 6) is 0.526. The number of hydrogen-bond donors (Lipinski definition) is 1. The summed E-state index contributed by atoms with van der Waals surface area (Å²) in [7, 11) is 0. The van der Waals surface area contributed by atoms with Crippen molar-refractivity contribution in [2.75, 3.05) is 11.9 Å². The molecule has 110 valence electrons. The second-order valence-corrected chi connectivity index (χ2v) is 6.73. The van der Waals surface area contributed by atoms with E-state index >= 15 is 0 Å². The highest BCUT2D eigenvalue weighted by Gasteiger charge is 2.33. The van der Waals surface area contributed by atoms with Gasteiger partial charge in [0.15, 0.2) is 11.6 Å². The van der Waals surface area contributed by atoms with Crippen molar-refractivity contribution in [3.8, 4) is 0 Å². The molecule has 0 bridgehead atoms. The molecule has 0 spiro atoms. The number of nitrogens with one attached hydrogen (secondary N) is 1. The molecule has 2 aromatic carbocycles. The number of benzene rings is 2. The standard InChI is InChI=1S/C18H14BrNO2/c19-13-7-8-14(20-9-10-5-6-10)16-15(13)17(21)11-3-1-2-4-12(11)18(16)22/h1-4,7-8,10,20H,5-6,9H2. The summed E-state index contributed by atoms with van der Waals surface area (Å²) in [4.78, 5) is 25.6. The number of carbonyl (C=O) groups is 2. The Morgan fingerprint density at radius 2 is 1.59 bits per heavy atom. The lowest BCUT2D eigenvalue weighted by atomic mass is 9.83.